The highest BCUT2D eigenvalue weighted by atomic mass is 35.5. The summed E-state index contributed by atoms with van der Waals surface area (Å²) >= 11 is 12.1. The highest BCUT2D eigenvalue weighted by Crippen LogP contribution is 2.29. The molecule has 0 saturated carbocycles. The van der Waals surface area contributed by atoms with Crippen LogP contribution in [0.4, 0.5) is 5.69 Å². The van der Waals surface area contributed by atoms with Crippen LogP contribution in [0.1, 0.15) is 19.8 Å². The van der Waals surface area contributed by atoms with E-state index in [4.69, 9.17) is 28.9 Å². The Labute approximate surface area is 135 Å². The van der Waals surface area contributed by atoms with Crippen LogP contribution in [-0.4, -0.2) is 36.5 Å². The molecule has 0 aromatic heterocycles. The van der Waals surface area contributed by atoms with Crippen LogP contribution < -0.4 is 11.1 Å². The average molecular weight is 330 g/mol. The van der Waals surface area contributed by atoms with E-state index in [2.05, 4.69) is 10.2 Å². The second-order valence-electron chi connectivity index (χ2n) is 5.60. The van der Waals surface area contributed by atoms with Crippen molar-refractivity contribution >= 4 is 34.8 Å². The first-order chi connectivity index (χ1) is 9.97. The molecule has 4 nitrogen and oxygen atoms in total. The Morgan fingerprint density at radius 3 is 2.71 bits per heavy atom. The van der Waals surface area contributed by atoms with E-state index >= 15 is 0 Å². The molecule has 0 radical (unpaired) electrons. The van der Waals surface area contributed by atoms with Gasteiger partial charge in [0.15, 0.2) is 0 Å². The van der Waals surface area contributed by atoms with Gasteiger partial charge in [0, 0.05) is 25.6 Å². The fourth-order valence-corrected chi connectivity index (χ4v) is 3.07. The Balaban J connectivity index is 1.81. The molecule has 6 heteroatoms. The van der Waals surface area contributed by atoms with Gasteiger partial charge in [-0.15, -0.1) is 0 Å². The summed E-state index contributed by atoms with van der Waals surface area (Å²) in [7, 11) is 0. The predicted molar refractivity (Wildman–Crippen MR) is 87.9 cm³/mol. The van der Waals surface area contributed by atoms with Crippen molar-refractivity contribution in [1.29, 1.82) is 0 Å². The van der Waals surface area contributed by atoms with E-state index in [1.54, 1.807) is 18.2 Å². The molecule has 1 amide bonds. The van der Waals surface area contributed by atoms with Crippen molar-refractivity contribution in [2.45, 2.75) is 25.8 Å². The number of para-hydroxylation sites is 1. The largest absolute Gasteiger partial charge is 0.328 e. The average Bonchev–Trinajstić information content (AvgIpc) is 2.90. The minimum atomic E-state index is -0.0748. The van der Waals surface area contributed by atoms with Gasteiger partial charge in [-0.1, -0.05) is 29.3 Å². The molecule has 0 spiro atoms. The molecule has 1 aromatic carbocycles. The van der Waals surface area contributed by atoms with Crippen molar-refractivity contribution in [2.75, 3.05) is 25.0 Å². The molecule has 21 heavy (non-hydrogen) atoms. The lowest BCUT2D eigenvalue weighted by Gasteiger charge is -2.17. The van der Waals surface area contributed by atoms with Crippen LogP contribution >= 0.6 is 23.2 Å². The molecule has 1 aromatic rings. The zero-order chi connectivity index (χ0) is 15.4. The van der Waals surface area contributed by atoms with E-state index in [0.29, 0.717) is 28.1 Å². The van der Waals surface area contributed by atoms with Crippen molar-refractivity contribution in [1.82, 2.24) is 4.90 Å². The molecule has 2 unspecified atom stereocenters. The van der Waals surface area contributed by atoms with E-state index < -0.39 is 0 Å². The van der Waals surface area contributed by atoms with Gasteiger partial charge in [0.05, 0.1) is 15.7 Å². The van der Waals surface area contributed by atoms with Gasteiger partial charge in [0.1, 0.15) is 0 Å². The van der Waals surface area contributed by atoms with Crippen molar-refractivity contribution in [3.63, 3.8) is 0 Å². The number of nitrogens with one attached hydrogen (secondary N) is 1. The van der Waals surface area contributed by atoms with E-state index in [1.807, 2.05) is 6.92 Å². The number of carbonyl (C=O) groups is 1. The third-order valence-electron chi connectivity index (χ3n) is 3.93. The van der Waals surface area contributed by atoms with Crippen molar-refractivity contribution in [3.05, 3.63) is 28.2 Å². The molecular weight excluding hydrogens is 309 g/mol. The number of amides is 1. The van der Waals surface area contributed by atoms with Crippen molar-refractivity contribution < 1.29 is 4.79 Å². The van der Waals surface area contributed by atoms with Gasteiger partial charge in [0.25, 0.3) is 0 Å². The fraction of sp³-hybridized carbons (Fsp3) is 0.533. The number of benzene rings is 1. The molecule has 1 aliphatic rings. The lowest BCUT2D eigenvalue weighted by atomic mass is 10.0. The standard InChI is InChI=1S/C15H21Cl2N3O/c1-10(18)11-5-7-20(9-11)8-6-14(21)19-15-12(16)3-2-4-13(15)17/h2-4,10-11H,5-9,18H2,1H3,(H,19,21). The lowest BCUT2D eigenvalue weighted by molar-refractivity contribution is -0.116. The first-order valence-corrected chi connectivity index (χ1v) is 7.94. The van der Waals surface area contributed by atoms with Crippen LogP contribution in [0, 0.1) is 5.92 Å². The van der Waals surface area contributed by atoms with Crippen molar-refractivity contribution in [2.24, 2.45) is 11.7 Å². The maximum absolute atomic E-state index is 12.0. The maximum Gasteiger partial charge on any atom is 0.225 e. The third-order valence-corrected chi connectivity index (χ3v) is 4.56. The van der Waals surface area contributed by atoms with Gasteiger partial charge < -0.3 is 16.0 Å². The number of carbonyl (C=O) groups excluding carboxylic acids is 1. The first-order valence-electron chi connectivity index (χ1n) is 7.19. The normalized spacial score (nSPS) is 20.5. The van der Waals surface area contributed by atoms with Crippen LogP contribution in [0.3, 0.4) is 0 Å². The summed E-state index contributed by atoms with van der Waals surface area (Å²) < 4.78 is 0. The Bertz CT molecular complexity index is 487. The molecule has 0 aliphatic carbocycles. The molecule has 2 atom stereocenters. The van der Waals surface area contributed by atoms with Gasteiger partial charge in [0.2, 0.25) is 5.91 Å². The zero-order valence-electron chi connectivity index (χ0n) is 12.1. The summed E-state index contributed by atoms with van der Waals surface area (Å²) in [6.07, 6.45) is 1.53. The smallest absolute Gasteiger partial charge is 0.225 e. The Morgan fingerprint density at radius 2 is 2.14 bits per heavy atom. The van der Waals surface area contributed by atoms with E-state index in [0.717, 1.165) is 26.1 Å². The second kappa shape index (κ2) is 7.45. The van der Waals surface area contributed by atoms with E-state index in [9.17, 15) is 4.79 Å². The number of halogens is 2. The van der Waals surface area contributed by atoms with Crippen LogP contribution in [0.15, 0.2) is 18.2 Å². The summed E-state index contributed by atoms with van der Waals surface area (Å²) in [5, 5.41) is 3.69. The monoisotopic (exact) mass is 329 g/mol. The van der Waals surface area contributed by atoms with E-state index in [-0.39, 0.29) is 11.9 Å². The SMILES string of the molecule is CC(N)C1CCN(CCC(=O)Nc2c(Cl)cccc2Cl)C1. The molecule has 1 aliphatic heterocycles. The summed E-state index contributed by atoms with van der Waals surface area (Å²) in [5.41, 5.74) is 6.40. The van der Waals surface area contributed by atoms with Crippen LogP contribution in [0.25, 0.3) is 0 Å². The second-order valence-corrected chi connectivity index (χ2v) is 6.42. The molecular formula is C15H21Cl2N3O. The highest BCUT2D eigenvalue weighted by Gasteiger charge is 2.25. The highest BCUT2D eigenvalue weighted by molar-refractivity contribution is 6.39. The van der Waals surface area contributed by atoms with Gasteiger partial charge in [-0.05, 0) is 37.9 Å². The summed E-state index contributed by atoms with van der Waals surface area (Å²) in [6.45, 7) is 4.75. The number of rotatable bonds is 5. The number of likely N-dealkylation sites (tertiary alicyclic amines) is 1. The third kappa shape index (κ3) is 4.58. The van der Waals surface area contributed by atoms with Crippen molar-refractivity contribution in [3.8, 4) is 0 Å². The van der Waals surface area contributed by atoms with Gasteiger partial charge in [-0.3, -0.25) is 4.79 Å². The number of hydrogen-bond donors (Lipinski definition) is 2. The number of anilines is 1. The van der Waals surface area contributed by atoms with E-state index in [1.165, 1.54) is 0 Å². The van der Waals surface area contributed by atoms with Gasteiger partial charge in [-0.2, -0.15) is 0 Å². The van der Waals surface area contributed by atoms with Gasteiger partial charge >= 0.3 is 0 Å². The molecule has 2 rings (SSSR count). The minimum absolute atomic E-state index is 0.0748. The minimum Gasteiger partial charge on any atom is -0.328 e. The first kappa shape index (κ1) is 16.6. The molecule has 1 saturated heterocycles. The van der Waals surface area contributed by atoms with Gasteiger partial charge in [-0.25, -0.2) is 0 Å². The predicted octanol–water partition coefficient (Wildman–Crippen LogP) is 2.99. The van der Waals surface area contributed by atoms with Crippen LogP contribution in [0.2, 0.25) is 10.0 Å². The molecule has 0 bridgehead atoms. The zero-order valence-corrected chi connectivity index (χ0v) is 13.6. The summed E-state index contributed by atoms with van der Waals surface area (Å²) in [4.78, 5) is 14.3. The Kier molecular flexibility index (Phi) is 5.88. The molecule has 3 N–H and O–H groups in total. The quantitative estimate of drug-likeness (QED) is 0.873. The Morgan fingerprint density at radius 1 is 1.48 bits per heavy atom. The molecule has 1 heterocycles. The number of nitrogens with two attached hydrogens (primary N) is 1. The summed E-state index contributed by atoms with van der Waals surface area (Å²) in [6, 6.07) is 5.37. The van der Waals surface area contributed by atoms with Crippen LogP contribution in [-0.2, 0) is 4.79 Å². The van der Waals surface area contributed by atoms with Crippen LogP contribution in [0.5, 0.6) is 0 Å². The number of nitrogens with zero attached hydrogens (tertiary/aromatic N) is 1. The Hall–Kier alpha value is -0.810. The molecule has 1 fully saturated rings. The topological polar surface area (TPSA) is 58.4 Å². The fourth-order valence-electron chi connectivity index (χ4n) is 2.57. The summed E-state index contributed by atoms with van der Waals surface area (Å²) in [5.74, 6) is 0.459. The number of hydrogen-bond acceptors (Lipinski definition) is 3. The molecule has 116 valence electrons. The maximum atomic E-state index is 12.0. The lowest BCUT2D eigenvalue weighted by Crippen LogP contribution is -2.31.